The minimum absolute atomic E-state index is 0.0499. The fourth-order valence-corrected chi connectivity index (χ4v) is 6.90. The first-order chi connectivity index (χ1) is 28.7. The van der Waals surface area contributed by atoms with E-state index in [9.17, 15) is 15.0 Å². The Balaban J connectivity index is 3.63. The second-order valence-corrected chi connectivity index (χ2v) is 16.2. The molecule has 0 aromatic rings. The van der Waals surface area contributed by atoms with E-state index < -0.39 is 12.1 Å². The number of aliphatic hydroxyl groups is 2. The van der Waals surface area contributed by atoms with E-state index in [0.717, 1.165) is 89.9 Å². The summed E-state index contributed by atoms with van der Waals surface area (Å²) in [6.45, 7) is 4.23. The van der Waals surface area contributed by atoms with Gasteiger partial charge in [-0.15, -0.1) is 0 Å². The predicted octanol–water partition coefficient (Wildman–Crippen LogP) is 15.8. The van der Waals surface area contributed by atoms with Crippen molar-refractivity contribution in [1.82, 2.24) is 5.32 Å². The van der Waals surface area contributed by atoms with Crippen molar-refractivity contribution in [3.05, 3.63) is 97.2 Å². The van der Waals surface area contributed by atoms with Crippen LogP contribution in [0.3, 0.4) is 0 Å². The zero-order chi connectivity index (χ0) is 42.1. The van der Waals surface area contributed by atoms with Crippen molar-refractivity contribution >= 4 is 5.91 Å². The third-order valence-corrected chi connectivity index (χ3v) is 10.6. The molecule has 4 heteroatoms. The summed E-state index contributed by atoms with van der Waals surface area (Å²) in [6, 6.07) is -0.551. The molecule has 0 aliphatic rings. The Morgan fingerprint density at radius 3 is 1.14 bits per heavy atom. The summed E-state index contributed by atoms with van der Waals surface area (Å²) < 4.78 is 0. The molecule has 0 saturated carbocycles. The van der Waals surface area contributed by atoms with Gasteiger partial charge < -0.3 is 15.5 Å². The lowest BCUT2D eigenvalue weighted by Crippen LogP contribution is -2.45. The van der Waals surface area contributed by atoms with Crippen LogP contribution in [0.5, 0.6) is 0 Å². The summed E-state index contributed by atoms with van der Waals surface area (Å²) in [5, 5.41) is 23.2. The number of rotatable bonds is 43. The molecule has 0 aliphatic carbocycles. The average Bonchev–Trinajstić information content (AvgIpc) is 3.23. The average molecular weight is 804 g/mol. The van der Waals surface area contributed by atoms with E-state index in [1.54, 1.807) is 0 Å². The van der Waals surface area contributed by atoms with Crippen molar-refractivity contribution in [2.45, 2.75) is 231 Å². The van der Waals surface area contributed by atoms with Crippen molar-refractivity contribution < 1.29 is 15.0 Å². The minimum Gasteiger partial charge on any atom is -0.394 e. The monoisotopic (exact) mass is 804 g/mol. The molecule has 2 unspecified atom stereocenters. The lowest BCUT2D eigenvalue weighted by atomic mass is 10.0. The number of nitrogens with one attached hydrogen (secondary N) is 1. The van der Waals surface area contributed by atoms with Crippen molar-refractivity contribution in [2.75, 3.05) is 6.61 Å². The lowest BCUT2D eigenvalue weighted by molar-refractivity contribution is -0.123. The van der Waals surface area contributed by atoms with Crippen LogP contribution in [0, 0.1) is 0 Å². The number of hydrogen-bond acceptors (Lipinski definition) is 3. The second-order valence-electron chi connectivity index (χ2n) is 16.2. The van der Waals surface area contributed by atoms with Crippen LogP contribution in [0.2, 0.25) is 0 Å². The Kier molecular flexibility index (Phi) is 46.4. The molecule has 332 valence electrons. The number of carbonyl (C=O) groups excluding carboxylic acids is 1. The number of hydrogen-bond donors (Lipinski definition) is 3. The Hall–Kier alpha value is -2.69. The van der Waals surface area contributed by atoms with Crippen molar-refractivity contribution in [1.29, 1.82) is 0 Å². The molecule has 0 aromatic carbocycles. The van der Waals surface area contributed by atoms with Crippen LogP contribution in [-0.2, 0) is 4.79 Å². The molecule has 1 amide bonds. The fourth-order valence-electron chi connectivity index (χ4n) is 6.90. The molecule has 58 heavy (non-hydrogen) atoms. The van der Waals surface area contributed by atoms with Crippen LogP contribution in [0.1, 0.15) is 219 Å². The van der Waals surface area contributed by atoms with E-state index >= 15 is 0 Å². The van der Waals surface area contributed by atoms with E-state index in [1.165, 1.54) is 103 Å². The maximum Gasteiger partial charge on any atom is 0.220 e. The van der Waals surface area contributed by atoms with Crippen LogP contribution in [0.4, 0.5) is 0 Å². The predicted molar refractivity (Wildman–Crippen MR) is 257 cm³/mol. The van der Waals surface area contributed by atoms with Crippen LogP contribution in [0.25, 0.3) is 0 Å². The van der Waals surface area contributed by atoms with Crippen molar-refractivity contribution in [3.63, 3.8) is 0 Å². The number of unbranched alkanes of at least 4 members (excludes halogenated alkanes) is 20. The molecule has 0 bridgehead atoms. The van der Waals surface area contributed by atoms with Gasteiger partial charge in [0, 0.05) is 6.42 Å². The largest absolute Gasteiger partial charge is 0.394 e. The summed E-state index contributed by atoms with van der Waals surface area (Å²) >= 11 is 0. The standard InChI is InChI=1S/C54H93NO3/c1-3-5-7-9-11-13-15-17-19-20-21-22-23-24-25-26-27-28-29-30-31-32-33-34-36-38-40-42-44-46-48-50-54(58)55-52(51-56)53(57)49-47-45-43-41-39-37-35-18-16-14-12-10-8-6-4-2/h5,7,11,13,17,19,21-22,24-25,27-28,30-31,33-34,52-53,56-57H,3-4,6,8-10,12,14-16,18,20,23,26,29,32,35-51H2,1-2H3,(H,55,58)/b7-5-,13-11-,19-17-,22-21-,25-24-,28-27-,31-30-,34-33-. The summed E-state index contributed by atoms with van der Waals surface area (Å²) in [4.78, 5) is 12.4. The molecule has 3 N–H and O–H groups in total. The number of carbonyl (C=O) groups is 1. The highest BCUT2D eigenvalue weighted by atomic mass is 16.3. The normalized spacial score (nSPS) is 13.8. The molecule has 0 rings (SSSR count). The molecular formula is C54H93NO3. The van der Waals surface area contributed by atoms with E-state index in [1.807, 2.05) is 0 Å². The van der Waals surface area contributed by atoms with Gasteiger partial charge in [-0.1, -0.05) is 233 Å². The smallest absolute Gasteiger partial charge is 0.220 e. The van der Waals surface area contributed by atoms with Crippen LogP contribution < -0.4 is 5.32 Å². The quantitative estimate of drug-likeness (QED) is 0.0425. The minimum atomic E-state index is -0.672. The van der Waals surface area contributed by atoms with Gasteiger partial charge in [0.05, 0.1) is 18.8 Å². The lowest BCUT2D eigenvalue weighted by Gasteiger charge is -2.22. The van der Waals surface area contributed by atoms with E-state index in [0.29, 0.717) is 12.8 Å². The zero-order valence-electron chi connectivity index (χ0n) is 38.0. The SMILES string of the molecule is CC/C=C\C/C=C\C/C=C\C/C=C\C/C=C\C/C=C\C/C=C\C/C=C\CCCCCCCCC(=O)NC(CO)C(O)CCCCCCCCCCCCCCCCC. The summed E-state index contributed by atoms with van der Waals surface area (Å²) in [6.07, 6.45) is 72.1. The highest BCUT2D eigenvalue weighted by Gasteiger charge is 2.20. The highest BCUT2D eigenvalue weighted by Crippen LogP contribution is 2.15. The van der Waals surface area contributed by atoms with Gasteiger partial charge in [0.2, 0.25) is 5.91 Å². The topological polar surface area (TPSA) is 69.6 Å². The van der Waals surface area contributed by atoms with Gasteiger partial charge in [0.15, 0.2) is 0 Å². The van der Waals surface area contributed by atoms with Crippen LogP contribution >= 0.6 is 0 Å². The Morgan fingerprint density at radius 1 is 0.431 bits per heavy atom. The fraction of sp³-hybridized carbons (Fsp3) is 0.685. The maximum absolute atomic E-state index is 12.4. The van der Waals surface area contributed by atoms with E-state index in [4.69, 9.17) is 0 Å². The first-order valence-corrected chi connectivity index (χ1v) is 24.4. The number of aliphatic hydroxyl groups excluding tert-OH is 2. The third kappa shape index (κ3) is 44.4. The molecule has 0 saturated heterocycles. The molecule has 0 aliphatic heterocycles. The van der Waals surface area contributed by atoms with Gasteiger partial charge in [0.25, 0.3) is 0 Å². The van der Waals surface area contributed by atoms with Crippen LogP contribution in [0.15, 0.2) is 97.2 Å². The molecule has 0 heterocycles. The van der Waals surface area contributed by atoms with Gasteiger partial charge in [-0.25, -0.2) is 0 Å². The summed E-state index contributed by atoms with van der Waals surface area (Å²) in [5.41, 5.74) is 0. The van der Waals surface area contributed by atoms with Gasteiger partial charge in [-0.3, -0.25) is 4.79 Å². The molecule has 0 spiro atoms. The summed E-state index contributed by atoms with van der Waals surface area (Å²) in [5.74, 6) is -0.0499. The first kappa shape index (κ1) is 55.3. The Bertz CT molecular complexity index is 1090. The first-order valence-electron chi connectivity index (χ1n) is 24.4. The molecule has 0 aromatic heterocycles. The van der Waals surface area contributed by atoms with Gasteiger partial charge in [-0.05, 0) is 77.0 Å². The number of allylic oxidation sites excluding steroid dienone is 16. The molecule has 0 fully saturated rings. The van der Waals surface area contributed by atoms with E-state index in [-0.39, 0.29) is 12.5 Å². The molecular weight excluding hydrogens is 711 g/mol. The second kappa shape index (κ2) is 48.7. The van der Waals surface area contributed by atoms with E-state index in [2.05, 4.69) is 116 Å². The Morgan fingerprint density at radius 2 is 0.759 bits per heavy atom. The van der Waals surface area contributed by atoms with Gasteiger partial charge >= 0.3 is 0 Å². The zero-order valence-corrected chi connectivity index (χ0v) is 38.0. The highest BCUT2D eigenvalue weighted by molar-refractivity contribution is 5.76. The third-order valence-electron chi connectivity index (χ3n) is 10.6. The number of amides is 1. The summed E-state index contributed by atoms with van der Waals surface area (Å²) in [7, 11) is 0. The maximum atomic E-state index is 12.4. The van der Waals surface area contributed by atoms with Gasteiger partial charge in [-0.2, -0.15) is 0 Å². The van der Waals surface area contributed by atoms with Crippen molar-refractivity contribution in [2.24, 2.45) is 0 Å². The van der Waals surface area contributed by atoms with Gasteiger partial charge in [0.1, 0.15) is 0 Å². The molecule has 2 atom stereocenters. The molecule has 0 radical (unpaired) electrons. The molecule has 4 nitrogen and oxygen atoms in total. The van der Waals surface area contributed by atoms with Crippen molar-refractivity contribution in [3.8, 4) is 0 Å². The van der Waals surface area contributed by atoms with Crippen LogP contribution in [-0.4, -0.2) is 34.9 Å². The Labute approximate surface area is 360 Å².